The minimum atomic E-state index is -1.21. The van der Waals surface area contributed by atoms with Crippen LogP contribution in [0.25, 0.3) is 0 Å². The van der Waals surface area contributed by atoms with E-state index in [-0.39, 0.29) is 0 Å². The molecule has 0 amide bonds. The predicted molar refractivity (Wildman–Crippen MR) is 42.7 cm³/mol. The Morgan fingerprint density at radius 2 is 1.75 bits per heavy atom. The molecule has 0 aromatic rings. The zero-order valence-electron chi connectivity index (χ0n) is 6.17. The van der Waals surface area contributed by atoms with Crippen LogP contribution in [0.15, 0.2) is 0 Å². The van der Waals surface area contributed by atoms with Crippen LogP contribution in [0.1, 0.15) is 0 Å². The molecule has 0 aliphatic carbocycles. The van der Waals surface area contributed by atoms with Crippen LogP contribution in [0.4, 0.5) is 0 Å². The van der Waals surface area contributed by atoms with Crippen molar-refractivity contribution in [3.8, 4) is 0 Å². The lowest BCUT2D eigenvalue weighted by molar-refractivity contribution is -0.233. The van der Waals surface area contributed by atoms with Crippen molar-refractivity contribution in [1.82, 2.24) is 0 Å². The highest BCUT2D eigenvalue weighted by atomic mass is 79.9. The number of rotatable bonds is 1. The SMILES string of the molecule is OC[C@H]1O[C@H](O)[C@H](Br)[C@@H](O)[C@@H]1O. The Balaban J connectivity index is 2.63. The summed E-state index contributed by atoms with van der Waals surface area (Å²) in [6.45, 7) is -0.436. The second-order valence-electron chi connectivity index (χ2n) is 2.67. The standard InChI is InChI=1S/C6H11BrO5/c7-3-5(10)4(9)2(1-8)12-6(3)11/h2-6,8-11H,1H2/t2-,3-,4-,5-,6+/m1/s1. The topological polar surface area (TPSA) is 90.2 Å². The summed E-state index contributed by atoms with van der Waals surface area (Å²) >= 11 is 2.95. The molecule has 1 heterocycles. The molecule has 1 rings (SSSR count). The van der Waals surface area contributed by atoms with E-state index in [1.807, 2.05) is 0 Å². The minimum absolute atomic E-state index is 0.436. The van der Waals surface area contributed by atoms with Crippen molar-refractivity contribution < 1.29 is 25.2 Å². The lowest BCUT2D eigenvalue weighted by atomic mass is 10.0. The average Bonchev–Trinajstić information content (AvgIpc) is 2.08. The van der Waals surface area contributed by atoms with Crippen LogP contribution in [-0.2, 0) is 4.74 Å². The molecular weight excluding hydrogens is 232 g/mol. The zero-order valence-corrected chi connectivity index (χ0v) is 7.75. The first-order chi connectivity index (χ1) is 5.57. The van der Waals surface area contributed by atoms with Gasteiger partial charge in [0.15, 0.2) is 6.29 Å². The van der Waals surface area contributed by atoms with Gasteiger partial charge in [-0.3, -0.25) is 0 Å². The van der Waals surface area contributed by atoms with Gasteiger partial charge >= 0.3 is 0 Å². The van der Waals surface area contributed by atoms with Gasteiger partial charge in [0.1, 0.15) is 12.2 Å². The van der Waals surface area contributed by atoms with Gasteiger partial charge in [-0.15, -0.1) is 0 Å². The molecule has 0 spiro atoms. The van der Waals surface area contributed by atoms with E-state index in [4.69, 9.17) is 14.9 Å². The highest BCUT2D eigenvalue weighted by molar-refractivity contribution is 9.09. The Kier molecular flexibility index (Phi) is 3.45. The van der Waals surface area contributed by atoms with Crippen LogP contribution in [0.3, 0.4) is 0 Å². The molecule has 0 unspecified atom stereocenters. The highest BCUT2D eigenvalue weighted by Crippen LogP contribution is 2.24. The van der Waals surface area contributed by atoms with Crippen LogP contribution in [0.5, 0.6) is 0 Å². The second-order valence-corrected chi connectivity index (χ2v) is 3.73. The zero-order chi connectivity index (χ0) is 9.30. The van der Waals surface area contributed by atoms with Crippen LogP contribution in [0, 0.1) is 0 Å². The van der Waals surface area contributed by atoms with Crippen molar-refractivity contribution >= 4 is 15.9 Å². The number of halogens is 1. The van der Waals surface area contributed by atoms with Crippen molar-refractivity contribution in [2.24, 2.45) is 0 Å². The maximum atomic E-state index is 9.27. The monoisotopic (exact) mass is 242 g/mol. The quantitative estimate of drug-likeness (QED) is 0.407. The Labute approximate surface area is 77.7 Å². The first kappa shape index (κ1) is 10.4. The summed E-state index contributed by atoms with van der Waals surface area (Å²) < 4.78 is 4.78. The summed E-state index contributed by atoms with van der Waals surface area (Å²) in [7, 11) is 0. The molecule has 72 valence electrons. The normalized spacial score (nSPS) is 49.2. The van der Waals surface area contributed by atoms with Crippen molar-refractivity contribution in [2.45, 2.75) is 29.4 Å². The molecule has 1 aliphatic heterocycles. The number of ether oxygens (including phenoxy) is 1. The maximum absolute atomic E-state index is 9.27. The van der Waals surface area contributed by atoms with E-state index < -0.39 is 36.0 Å². The van der Waals surface area contributed by atoms with Gasteiger partial charge in [-0.05, 0) is 0 Å². The van der Waals surface area contributed by atoms with Crippen LogP contribution in [0.2, 0.25) is 0 Å². The first-order valence-corrected chi connectivity index (χ1v) is 4.44. The predicted octanol–water partition coefficient (Wildman–Crippen LogP) is -1.82. The summed E-state index contributed by atoms with van der Waals surface area (Å²) in [5.74, 6) is 0. The molecule has 0 aromatic carbocycles. The van der Waals surface area contributed by atoms with Crippen LogP contribution in [-0.4, -0.2) is 56.5 Å². The van der Waals surface area contributed by atoms with Crippen molar-refractivity contribution in [1.29, 1.82) is 0 Å². The molecule has 4 N–H and O–H groups in total. The Bertz CT molecular complexity index is 150. The van der Waals surface area contributed by atoms with Gasteiger partial charge in [-0.25, -0.2) is 0 Å². The van der Waals surface area contributed by atoms with Gasteiger partial charge < -0.3 is 25.2 Å². The second kappa shape index (κ2) is 3.99. The Morgan fingerprint density at radius 1 is 1.17 bits per heavy atom. The third-order valence-electron chi connectivity index (χ3n) is 1.82. The summed E-state index contributed by atoms with van der Waals surface area (Å²) in [5.41, 5.74) is 0. The molecule has 12 heavy (non-hydrogen) atoms. The minimum Gasteiger partial charge on any atom is -0.394 e. The summed E-state index contributed by atoms with van der Waals surface area (Å²) in [4.78, 5) is -0.727. The third-order valence-corrected chi connectivity index (χ3v) is 2.82. The molecule has 1 saturated heterocycles. The molecule has 6 heteroatoms. The van der Waals surface area contributed by atoms with Gasteiger partial charge in [0.2, 0.25) is 0 Å². The van der Waals surface area contributed by atoms with Gasteiger partial charge in [0.25, 0.3) is 0 Å². The van der Waals surface area contributed by atoms with Crippen LogP contribution >= 0.6 is 15.9 Å². The van der Waals surface area contributed by atoms with Crippen molar-refractivity contribution in [2.75, 3.05) is 6.61 Å². The van der Waals surface area contributed by atoms with E-state index in [2.05, 4.69) is 15.9 Å². The van der Waals surface area contributed by atoms with Crippen molar-refractivity contribution in [3.63, 3.8) is 0 Å². The van der Waals surface area contributed by atoms with E-state index >= 15 is 0 Å². The van der Waals surface area contributed by atoms with Crippen LogP contribution < -0.4 is 0 Å². The van der Waals surface area contributed by atoms with Crippen molar-refractivity contribution in [3.05, 3.63) is 0 Å². The molecule has 0 bridgehead atoms. The largest absolute Gasteiger partial charge is 0.394 e. The highest BCUT2D eigenvalue weighted by Gasteiger charge is 2.42. The number of aliphatic hydroxyl groups excluding tert-OH is 4. The molecule has 0 radical (unpaired) electrons. The number of alkyl halides is 1. The fourth-order valence-corrected chi connectivity index (χ4v) is 1.50. The Hall–Kier alpha value is 0.280. The van der Waals surface area contributed by atoms with Gasteiger partial charge in [-0.2, -0.15) is 0 Å². The average molecular weight is 243 g/mol. The lowest BCUT2D eigenvalue weighted by Crippen LogP contribution is -2.56. The molecule has 1 fully saturated rings. The fraction of sp³-hybridized carbons (Fsp3) is 1.00. The molecule has 0 saturated carbocycles. The molecular formula is C6H11BrO5. The molecule has 0 aromatic heterocycles. The summed E-state index contributed by atoms with van der Waals surface area (Å²) in [6.07, 6.45) is -4.45. The number of hydrogen-bond donors (Lipinski definition) is 4. The van der Waals surface area contributed by atoms with Gasteiger partial charge in [-0.1, -0.05) is 15.9 Å². The number of hydrogen-bond acceptors (Lipinski definition) is 5. The first-order valence-electron chi connectivity index (χ1n) is 3.52. The third kappa shape index (κ3) is 1.78. The maximum Gasteiger partial charge on any atom is 0.170 e. The smallest absolute Gasteiger partial charge is 0.170 e. The molecule has 5 atom stereocenters. The van der Waals surface area contributed by atoms with E-state index in [0.29, 0.717) is 0 Å². The molecule has 1 aliphatic rings. The fourth-order valence-electron chi connectivity index (χ4n) is 1.06. The van der Waals surface area contributed by atoms with E-state index in [1.54, 1.807) is 0 Å². The number of aliphatic hydroxyl groups is 4. The Morgan fingerprint density at radius 3 is 2.25 bits per heavy atom. The molecule has 5 nitrogen and oxygen atoms in total. The van der Waals surface area contributed by atoms with E-state index in [0.717, 1.165) is 0 Å². The summed E-state index contributed by atoms with van der Waals surface area (Å²) in [5, 5.41) is 36.3. The summed E-state index contributed by atoms with van der Waals surface area (Å²) in [6, 6.07) is 0. The van der Waals surface area contributed by atoms with Gasteiger partial charge in [0, 0.05) is 0 Å². The van der Waals surface area contributed by atoms with E-state index in [1.165, 1.54) is 0 Å². The lowest BCUT2D eigenvalue weighted by Gasteiger charge is -2.37. The van der Waals surface area contributed by atoms with E-state index in [9.17, 15) is 10.2 Å². The van der Waals surface area contributed by atoms with Gasteiger partial charge in [0.05, 0.1) is 17.5 Å².